The molecule has 11 nitrogen and oxygen atoms in total. The van der Waals surface area contributed by atoms with Crippen LogP contribution < -0.4 is 28.6 Å². The quantitative estimate of drug-likeness (QED) is 0.221. The van der Waals surface area contributed by atoms with E-state index in [0.717, 1.165) is 4.31 Å². The molecule has 2 amide bonds. The molecule has 1 N–H and O–H groups in total. The Morgan fingerprint density at radius 3 is 2.15 bits per heavy atom. The number of halogens is 1. The summed E-state index contributed by atoms with van der Waals surface area (Å²) >= 11 is 6.34. The Bertz CT molecular complexity index is 1620. The zero-order valence-electron chi connectivity index (χ0n) is 27.2. The first-order chi connectivity index (χ1) is 21.9. The number of nitrogens with zero attached hydrogens (tertiary/aromatic N) is 2. The minimum Gasteiger partial charge on any atom is -0.497 e. The molecule has 0 heterocycles. The minimum absolute atomic E-state index is 0.0145. The molecule has 1 atom stereocenters. The van der Waals surface area contributed by atoms with Crippen LogP contribution in [0.5, 0.6) is 23.0 Å². The molecule has 3 rings (SSSR count). The lowest BCUT2D eigenvalue weighted by molar-refractivity contribution is -0.140. The highest BCUT2D eigenvalue weighted by atomic mass is 35.5. The molecule has 13 heteroatoms. The second kappa shape index (κ2) is 16.4. The van der Waals surface area contributed by atoms with Gasteiger partial charge in [0.25, 0.3) is 10.0 Å². The molecule has 3 aromatic rings. The van der Waals surface area contributed by atoms with E-state index in [2.05, 4.69) is 5.32 Å². The Hall–Kier alpha value is -4.16. The summed E-state index contributed by atoms with van der Waals surface area (Å²) in [5, 5.41) is 3.14. The van der Waals surface area contributed by atoms with Crippen molar-refractivity contribution in [2.45, 2.75) is 44.7 Å². The second-order valence-electron chi connectivity index (χ2n) is 10.8. The van der Waals surface area contributed by atoms with Crippen molar-refractivity contribution in [2.75, 3.05) is 45.8 Å². The first-order valence-electron chi connectivity index (χ1n) is 14.7. The van der Waals surface area contributed by atoms with Gasteiger partial charge in [-0.25, -0.2) is 8.42 Å². The first kappa shape index (κ1) is 36.3. The second-order valence-corrected chi connectivity index (χ2v) is 13.1. The molecule has 0 saturated heterocycles. The Morgan fingerprint density at radius 2 is 1.54 bits per heavy atom. The zero-order chi connectivity index (χ0) is 34.0. The number of amides is 2. The minimum atomic E-state index is -4.46. The van der Waals surface area contributed by atoms with Gasteiger partial charge in [-0.2, -0.15) is 0 Å². The van der Waals surface area contributed by atoms with Crippen LogP contribution in [0, 0.1) is 5.92 Å². The van der Waals surface area contributed by atoms with E-state index in [9.17, 15) is 18.0 Å². The van der Waals surface area contributed by atoms with Gasteiger partial charge in [0, 0.05) is 24.2 Å². The molecule has 0 aliphatic heterocycles. The summed E-state index contributed by atoms with van der Waals surface area (Å²) in [5.74, 6) is 0.460. The van der Waals surface area contributed by atoms with Gasteiger partial charge in [0.2, 0.25) is 11.8 Å². The van der Waals surface area contributed by atoms with Gasteiger partial charge >= 0.3 is 0 Å². The first-order valence-corrected chi connectivity index (χ1v) is 16.5. The monoisotopic (exact) mass is 675 g/mol. The van der Waals surface area contributed by atoms with Crippen molar-refractivity contribution >= 4 is 39.1 Å². The number of benzene rings is 3. The van der Waals surface area contributed by atoms with Gasteiger partial charge in [-0.1, -0.05) is 44.5 Å². The van der Waals surface area contributed by atoms with Gasteiger partial charge in [-0.05, 0) is 60.4 Å². The molecule has 0 aliphatic carbocycles. The summed E-state index contributed by atoms with van der Waals surface area (Å²) in [6.45, 7) is 5.48. The van der Waals surface area contributed by atoms with E-state index in [-0.39, 0.29) is 51.9 Å². The van der Waals surface area contributed by atoms with Gasteiger partial charge in [0.1, 0.15) is 24.1 Å². The molecule has 46 heavy (non-hydrogen) atoms. The number of hydrogen-bond donors (Lipinski definition) is 1. The van der Waals surface area contributed by atoms with Crippen LogP contribution in [0.25, 0.3) is 0 Å². The summed E-state index contributed by atoms with van der Waals surface area (Å²) in [6.07, 6.45) is 0.280. The third kappa shape index (κ3) is 8.76. The third-order valence-corrected chi connectivity index (χ3v) is 9.18. The summed E-state index contributed by atoms with van der Waals surface area (Å²) in [7, 11) is 1.29. The number of carbonyl (C=O) groups excluding carboxylic acids is 2. The van der Waals surface area contributed by atoms with E-state index in [4.69, 9.17) is 30.5 Å². The maximum Gasteiger partial charge on any atom is 0.265 e. The van der Waals surface area contributed by atoms with Crippen LogP contribution in [0.15, 0.2) is 65.6 Å². The van der Waals surface area contributed by atoms with E-state index in [1.165, 1.54) is 63.7 Å². The third-order valence-electron chi connectivity index (χ3n) is 7.19. The number of hydrogen-bond acceptors (Lipinski definition) is 8. The fraction of sp³-hybridized carbons (Fsp3) is 0.394. The smallest absolute Gasteiger partial charge is 0.265 e. The summed E-state index contributed by atoms with van der Waals surface area (Å²) in [5.41, 5.74) is 0.731. The zero-order valence-corrected chi connectivity index (χ0v) is 28.8. The highest BCUT2D eigenvalue weighted by Crippen LogP contribution is 2.37. The molecular weight excluding hydrogens is 634 g/mol. The van der Waals surface area contributed by atoms with Crippen molar-refractivity contribution in [3.63, 3.8) is 0 Å². The van der Waals surface area contributed by atoms with E-state index in [0.29, 0.717) is 23.6 Å². The highest BCUT2D eigenvalue weighted by molar-refractivity contribution is 7.92. The molecule has 0 saturated carbocycles. The number of carbonyl (C=O) groups is 2. The van der Waals surface area contributed by atoms with Crippen LogP contribution in [0.2, 0.25) is 5.02 Å². The van der Waals surface area contributed by atoms with E-state index < -0.39 is 28.5 Å². The predicted molar refractivity (Wildman–Crippen MR) is 178 cm³/mol. The van der Waals surface area contributed by atoms with E-state index in [1.807, 2.05) is 13.8 Å². The number of anilines is 1. The summed E-state index contributed by atoms with van der Waals surface area (Å²) in [6, 6.07) is 14.8. The number of sulfonamides is 1. The van der Waals surface area contributed by atoms with E-state index >= 15 is 0 Å². The van der Waals surface area contributed by atoms with Gasteiger partial charge in [0.05, 0.1) is 39.0 Å². The molecule has 0 fully saturated rings. The topological polar surface area (TPSA) is 124 Å². The van der Waals surface area contributed by atoms with Gasteiger partial charge in [0.15, 0.2) is 11.5 Å². The molecule has 1 unspecified atom stereocenters. The van der Waals surface area contributed by atoms with Crippen LogP contribution in [0.1, 0.15) is 32.8 Å². The lowest BCUT2D eigenvalue weighted by Crippen LogP contribution is -2.52. The lowest BCUT2D eigenvalue weighted by Gasteiger charge is -2.33. The molecule has 0 spiro atoms. The molecule has 0 radical (unpaired) electrons. The Balaban J connectivity index is 2.17. The SMILES string of the molecule is CCC(C(=O)NCC(C)C)N(Cc1cccc(OC)c1)C(=O)CN(c1cc(Cl)ccc1OC)S(=O)(=O)c1ccc(OC)c(OC)c1. The molecule has 3 aromatic carbocycles. The van der Waals surface area contributed by atoms with Crippen LogP contribution in [0.4, 0.5) is 5.69 Å². The maximum absolute atomic E-state index is 14.4. The number of methoxy groups -OCH3 is 4. The molecule has 0 aliphatic rings. The molecule has 250 valence electrons. The Morgan fingerprint density at radius 1 is 0.870 bits per heavy atom. The highest BCUT2D eigenvalue weighted by Gasteiger charge is 2.35. The molecular formula is C33H42ClN3O8S. The lowest BCUT2D eigenvalue weighted by atomic mass is 10.1. The van der Waals surface area contributed by atoms with Crippen molar-refractivity contribution in [3.05, 3.63) is 71.2 Å². The average Bonchev–Trinajstić information content (AvgIpc) is 3.05. The van der Waals surface area contributed by atoms with Crippen LogP contribution in [-0.2, 0) is 26.2 Å². The van der Waals surface area contributed by atoms with Crippen LogP contribution in [0.3, 0.4) is 0 Å². The van der Waals surface area contributed by atoms with Crippen molar-refractivity contribution in [2.24, 2.45) is 5.92 Å². The van der Waals surface area contributed by atoms with Gasteiger partial charge in [-0.15, -0.1) is 0 Å². The molecule has 0 aromatic heterocycles. The summed E-state index contributed by atoms with van der Waals surface area (Å²) in [4.78, 5) is 29.1. The normalized spacial score (nSPS) is 11.8. The van der Waals surface area contributed by atoms with Crippen molar-refractivity contribution < 1.29 is 37.0 Å². The number of ether oxygens (including phenoxy) is 4. The standard InChI is InChI=1S/C33H42ClN3O8S/c1-8-27(33(39)35-19-22(2)3)36(20-23-10-9-11-25(16-23)42-4)32(38)21-37(28-17-24(34)12-14-29(28)43-5)46(40,41)26-13-15-30(44-6)31(18-26)45-7/h9-18,22,27H,8,19-21H2,1-7H3,(H,35,39). The average molecular weight is 676 g/mol. The van der Waals surface area contributed by atoms with Crippen molar-refractivity contribution in [1.82, 2.24) is 10.2 Å². The fourth-order valence-corrected chi connectivity index (χ4v) is 6.38. The van der Waals surface area contributed by atoms with Gasteiger partial charge < -0.3 is 29.2 Å². The molecule has 0 bridgehead atoms. The largest absolute Gasteiger partial charge is 0.497 e. The number of nitrogens with one attached hydrogen (secondary N) is 1. The van der Waals surface area contributed by atoms with E-state index in [1.54, 1.807) is 37.3 Å². The van der Waals surface area contributed by atoms with Crippen molar-refractivity contribution in [3.8, 4) is 23.0 Å². The Labute approximate surface area is 276 Å². The number of rotatable bonds is 16. The van der Waals surface area contributed by atoms with Crippen LogP contribution in [-0.4, -0.2) is 72.7 Å². The maximum atomic E-state index is 14.4. The Kier molecular flexibility index (Phi) is 13.0. The summed E-state index contributed by atoms with van der Waals surface area (Å²) < 4.78 is 51.2. The predicted octanol–water partition coefficient (Wildman–Crippen LogP) is 5.15. The fourth-order valence-electron chi connectivity index (χ4n) is 4.79. The van der Waals surface area contributed by atoms with Crippen molar-refractivity contribution in [1.29, 1.82) is 0 Å². The van der Waals surface area contributed by atoms with Gasteiger partial charge in [-0.3, -0.25) is 13.9 Å². The van der Waals surface area contributed by atoms with Crippen LogP contribution >= 0.6 is 11.6 Å².